The summed E-state index contributed by atoms with van der Waals surface area (Å²) in [4.78, 5) is 30.7. The third-order valence-electron chi connectivity index (χ3n) is 7.06. The van der Waals surface area contributed by atoms with Crippen LogP contribution in [0.15, 0.2) is 29.4 Å². The summed E-state index contributed by atoms with van der Waals surface area (Å²) in [7, 11) is 0. The van der Waals surface area contributed by atoms with Crippen molar-refractivity contribution in [1.82, 2.24) is 20.5 Å². The molecule has 0 spiro atoms. The lowest BCUT2D eigenvalue weighted by molar-refractivity contribution is -0.158. The molecule has 2 fully saturated rings. The number of aryl methyl sites for hydroxylation is 1. The lowest BCUT2D eigenvalue weighted by atomic mass is 9.75. The van der Waals surface area contributed by atoms with E-state index in [0.29, 0.717) is 31.3 Å². The fraction of sp³-hybridized carbons (Fsp3) is 0.654. The Morgan fingerprint density at radius 3 is 2.68 bits per heavy atom. The van der Waals surface area contributed by atoms with Crippen molar-refractivity contribution in [3.8, 4) is 0 Å². The Morgan fingerprint density at radius 2 is 1.97 bits per heavy atom. The predicted molar refractivity (Wildman–Crippen MR) is 138 cm³/mol. The fourth-order valence-electron chi connectivity index (χ4n) is 5.25. The SMILES string of the molecule is Cc1ccccc1CSC1=NNC2N(CC(C)C)C(=O)C3CCC(C(=O)NCC(C)C)CC3N12. The van der Waals surface area contributed by atoms with Crippen molar-refractivity contribution in [3.63, 3.8) is 0 Å². The third kappa shape index (κ3) is 5.21. The highest BCUT2D eigenvalue weighted by Crippen LogP contribution is 2.41. The molecule has 4 atom stereocenters. The number of nitrogens with one attached hydrogen (secondary N) is 2. The van der Waals surface area contributed by atoms with Gasteiger partial charge in [0.1, 0.15) is 0 Å². The monoisotopic (exact) mass is 485 g/mol. The molecule has 1 saturated carbocycles. The minimum atomic E-state index is -0.270. The quantitative estimate of drug-likeness (QED) is 0.615. The van der Waals surface area contributed by atoms with Gasteiger partial charge >= 0.3 is 0 Å². The second kappa shape index (κ2) is 10.6. The van der Waals surface area contributed by atoms with Crippen molar-refractivity contribution in [2.45, 2.75) is 72.0 Å². The van der Waals surface area contributed by atoms with Gasteiger partial charge in [0.25, 0.3) is 0 Å². The molecule has 0 aromatic heterocycles. The maximum atomic E-state index is 13.6. The van der Waals surface area contributed by atoms with Crippen molar-refractivity contribution in [2.75, 3.05) is 13.1 Å². The highest BCUT2D eigenvalue weighted by molar-refractivity contribution is 8.13. The summed E-state index contributed by atoms with van der Waals surface area (Å²) < 4.78 is 0. The summed E-state index contributed by atoms with van der Waals surface area (Å²) in [5.74, 6) is 1.79. The van der Waals surface area contributed by atoms with E-state index in [2.05, 4.69) is 74.5 Å². The van der Waals surface area contributed by atoms with E-state index in [-0.39, 0.29) is 36.0 Å². The van der Waals surface area contributed by atoms with E-state index in [9.17, 15) is 9.59 Å². The van der Waals surface area contributed by atoms with Gasteiger partial charge in [-0.2, -0.15) is 5.10 Å². The minimum absolute atomic E-state index is 0.0115. The molecular weight excluding hydrogens is 446 g/mol. The number of carbonyl (C=O) groups excluding carboxylic acids is 2. The first-order valence-corrected chi connectivity index (χ1v) is 13.6. The molecule has 4 unspecified atom stereocenters. The van der Waals surface area contributed by atoms with Crippen molar-refractivity contribution in [2.24, 2.45) is 28.8 Å². The molecule has 2 amide bonds. The first kappa shape index (κ1) is 24.9. The second-order valence-electron chi connectivity index (χ2n) is 10.7. The van der Waals surface area contributed by atoms with Crippen LogP contribution in [-0.4, -0.2) is 52.2 Å². The smallest absolute Gasteiger partial charge is 0.230 e. The van der Waals surface area contributed by atoms with Crippen LogP contribution < -0.4 is 10.7 Å². The lowest BCUT2D eigenvalue weighted by Crippen LogP contribution is -2.68. The zero-order valence-electron chi connectivity index (χ0n) is 21.1. The number of hydrogen-bond donors (Lipinski definition) is 2. The lowest BCUT2D eigenvalue weighted by Gasteiger charge is -2.51. The van der Waals surface area contributed by atoms with Crippen LogP contribution in [0.25, 0.3) is 0 Å². The molecule has 1 aromatic carbocycles. The number of fused-ring (bicyclic) bond motifs is 3. The van der Waals surface area contributed by atoms with E-state index in [4.69, 9.17) is 5.10 Å². The number of benzene rings is 1. The number of nitrogens with zero attached hydrogens (tertiary/aromatic N) is 3. The Morgan fingerprint density at radius 1 is 1.21 bits per heavy atom. The number of carbonyl (C=O) groups is 2. The molecule has 7 nitrogen and oxygen atoms in total. The molecule has 186 valence electrons. The Labute approximate surface area is 208 Å². The van der Waals surface area contributed by atoms with Gasteiger partial charge < -0.3 is 15.1 Å². The largest absolute Gasteiger partial charge is 0.356 e. The number of amides is 2. The standard InChI is InChI=1S/C26H39N5O2S/c1-16(2)13-27-23(32)19-10-11-21-22(12-19)31-25(30(24(21)33)14-17(3)4)28-29-26(31)34-15-20-9-7-6-8-18(20)5/h6-9,16-17,19,21-22,25,28H,10-15H2,1-5H3,(H,27,32). The van der Waals surface area contributed by atoms with E-state index >= 15 is 0 Å². The Balaban J connectivity index is 1.54. The van der Waals surface area contributed by atoms with E-state index in [0.717, 1.165) is 23.8 Å². The van der Waals surface area contributed by atoms with Crippen molar-refractivity contribution < 1.29 is 9.59 Å². The first-order chi connectivity index (χ1) is 16.3. The minimum Gasteiger partial charge on any atom is -0.356 e. The zero-order valence-corrected chi connectivity index (χ0v) is 21.9. The van der Waals surface area contributed by atoms with Crippen LogP contribution in [0.1, 0.15) is 58.1 Å². The zero-order chi connectivity index (χ0) is 24.4. The van der Waals surface area contributed by atoms with Crippen LogP contribution in [0.5, 0.6) is 0 Å². The molecule has 34 heavy (non-hydrogen) atoms. The summed E-state index contributed by atoms with van der Waals surface area (Å²) >= 11 is 1.71. The molecule has 2 N–H and O–H groups in total. The van der Waals surface area contributed by atoms with Crippen LogP contribution in [0.3, 0.4) is 0 Å². The fourth-order valence-corrected chi connectivity index (χ4v) is 6.36. The Kier molecular flexibility index (Phi) is 7.75. The maximum absolute atomic E-state index is 13.6. The summed E-state index contributed by atoms with van der Waals surface area (Å²) in [5, 5.41) is 8.74. The topological polar surface area (TPSA) is 77.0 Å². The summed E-state index contributed by atoms with van der Waals surface area (Å²) in [6.45, 7) is 12.0. The molecule has 1 aliphatic carbocycles. The van der Waals surface area contributed by atoms with E-state index in [1.807, 2.05) is 4.90 Å². The molecule has 3 aliphatic rings. The van der Waals surface area contributed by atoms with E-state index in [1.54, 1.807) is 11.8 Å². The van der Waals surface area contributed by atoms with Crippen LogP contribution >= 0.6 is 11.8 Å². The molecule has 0 bridgehead atoms. The molecule has 4 rings (SSSR count). The van der Waals surface area contributed by atoms with Gasteiger partial charge in [0.2, 0.25) is 11.8 Å². The number of amidine groups is 1. The normalized spacial score (nSPS) is 26.3. The Bertz CT molecular complexity index is 934. The van der Waals surface area contributed by atoms with Crippen molar-refractivity contribution in [1.29, 1.82) is 0 Å². The van der Waals surface area contributed by atoms with Gasteiger partial charge in [-0.25, -0.2) is 0 Å². The molecule has 2 heterocycles. The van der Waals surface area contributed by atoms with Gasteiger partial charge in [0.05, 0.1) is 5.92 Å². The molecule has 2 aliphatic heterocycles. The van der Waals surface area contributed by atoms with Gasteiger partial charge in [-0.3, -0.25) is 15.0 Å². The summed E-state index contributed by atoms with van der Waals surface area (Å²) in [6.07, 6.45) is 1.93. The summed E-state index contributed by atoms with van der Waals surface area (Å²) in [5.41, 5.74) is 5.82. The van der Waals surface area contributed by atoms with E-state index in [1.165, 1.54) is 11.1 Å². The van der Waals surface area contributed by atoms with Gasteiger partial charge in [-0.15, -0.1) is 0 Å². The van der Waals surface area contributed by atoms with Gasteiger partial charge in [0, 0.05) is 30.8 Å². The highest BCUT2D eigenvalue weighted by atomic mass is 32.2. The third-order valence-corrected chi connectivity index (χ3v) is 8.08. The molecular formula is C26H39N5O2S. The predicted octanol–water partition coefficient (Wildman–Crippen LogP) is 3.74. The van der Waals surface area contributed by atoms with Crippen molar-refractivity contribution >= 4 is 28.7 Å². The average Bonchev–Trinajstić information content (AvgIpc) is 3.23. The number of rotatable bonds is 7. The van der Waals surface area contributed by atoms with Crippen LogP contribution in [0.2, 0.25) is 0 Å². The number of thioether (sulfide) groups is 1. The average molecular weight is 486 g/mol. The highest BCUT2D eigenvalue weighted by Gasteiger charge is 2.53. The van der Waals surface area contributed by atoms with Crippen LogP contribution in [-0.2, 0) is 15.3 Å². The molecule has 1 saturated heterocycles. The van der Waals surface area contributed by atoms with Crippen molar-refractivity contribution in [3.05, 3.63) is 35.4 Å². The maximum Gasteiger partial charge on any atom is 0.230 e. The second-order valence-corrected chi connectivity index (χ2v) is 11.7. The molecule has 8 heteroatoms. The number of hydrogen-bond acceptors (Lipinski definition) is 6. The van der Waals surface area contributed by atoms with Gasteiger partial charge in [0.15, 0.2) is 11.5 Å². The summed E-state index contributed by atoms with van der Waals surface area (Å²) in [6, 6.07) is 8.41. The van der Waals surface area contributed by atoms with E-state index < -0.39 is 0 Å². The van der Waals surface area contributed by atoms with Crippen LogP contribution in [0.4, 0.5) is 0 Å². The van der Waals surface area contributed by atoms with Gasteiger partial charge in [-0.05, 0) is 49.1 Å². The van der Waals surface area contributed by atoms with Gasteiger partial charge in [-0.1, -0.05) is 63.7 Å². The number of hydrazone groups is 1. The first-order valence-electron chi connectivity index (χ1n) is 12.6. The molecule has 0 radical (unpaired) electrons. The van der Waals surface area contributed by atoms with Crippen LogP contribution in [0, 0.1) is 30.6 Å². The molecule has 1 aromatic rings. The Hall–Kier alpha value is -2.22.